The van der Waals surface area contributed by atoms with E-state index in [0.29, 0.717) is 13.0 Å². The Morgan fingerprint density at radius 2 is 2.06 bits per heavy atom. The molecule has 0 unspecified atom stereocenters. The van der Waals surface area contributed by atoms with Crippen molar-refractivity contribution in [1.82, 2.24) is 4.90 Å². The van der Waals surface area contributed by atoms with Crippen molar-refractivity contribution in [3.63, 3.8) is 0 Å². The van der Waals surface area contributed by atoms with Crippen LogP contribution in [-0.4, -0.2) is 34.5 Å². The minimum atomic E-state index is -0.931. The van der Waals surface area contributed by atoms with Gasteiger partial charge in [-0.25, -0.2) is 0 Å². The van der Waals surface area contributed by atoms with E-state index in [1.807, 2.05) is 27.7 Å². The molecule has 4 nitrogen and oxygen atoms in total. The summed E-state index contributed by atoms with van der Waals surface area (Å²) in [6.07, 6.45) is 1.12. The summed E-state index contributed by atoms with van der Waals surface area (Å²) >= 11 is 0. The standard InChI is InChI=1S/C12H21NO3/c1-6-7-9(14)16-12(5)8-13(10(12)15)11(2,3)4/h6-8H2,1-5H3/t12-/m0/s1. The predicted octanol–water partition coefficient (Wildman–Crippen LogP) is 1.73. The first-order chi connectivity index (χ1) is 7.20. The van der Waals surface area contributed by atoms with Gasteiger partial charge in [0.15, 0.2) is 0 Å². The first kappa shape index (κ1) is 13.0. The molecule has 1 amide bonds. The zero-order chi connectivity index (χ0) is 12.6. The van der Waals surface area contributed by atoms with Gasteiger partial charge in [0, 0.05) is 12.0 Å². The number of hydrogen-bond acceptors (Lipinski definition) is 3. The molecule has 0 radical (unpaired) electrons. The highest BCUT2D eigenvalue weighted by Gasteiger charge is 2.54. The number of likely N-dealkylation sites (tertiary alicyclic amines) is 1. The van der Waals surface area contributed by atoms with Crippen LogP contribution in [0.25, 0.3) is 0 Å². The molecule has 0 spiro atoms. The Balaban J connectivity index is 2.58. The molecule has 0 saturated carbocycles. The van der Waals surface area contributed by atoms with E-state index in [9.17, 15) is 9.59 Å². The van der Waals surface area contributed by atoms with Crippen molar-refractivity contribution in [2.75, 3.05) is 6.54 Å². The van der Waals surface area contributed by atoms with Crippen LogP contribution in [0.1, 0.15) is 47.5 Å². The van der Waals surface area contributed by atoms with Gasteiger partial charge < -0.3 is 9.64 Å². The fraction of sp³-hybridized carbons (Fsp3) is 0.833. The minimum Gasteiger partial charge on any atom is -0.447 e. The minimum absolute atomic E-state index is 0.0931. The Bertz CT molecular complexity index is 306. The SMILES string of the molecule is CCCC(=O)O[C@@]1(C)CN(C(C)(C)C)C1=O. The van der Waals surface area contributed by atoms with Crippen molar-refractivity contribution in [1.29, 1.82) is 0 Å². The number of rotatable bonds is 3. The van der Waals surface area contributed by atoms with Crippen molar-refractivity contribution in [3.8, 4) is 0 Å². The number of nitrogens with zero attached hydrogens (tertiary/aromatic N) is 1. The van der Waals surface area contributed by atoms with E-state index in [2.05, 4.69) is 0 Å². The normalized spacial score (nSPS) is 25.3. The first-order valence-corrected chi connectivity index (χ1v) is 5.74. The third-order valence-corrected chi connectivity index (χ3v) is 2.76. The summed E-state index contributed by atoms with van der Waals surface area (Å²) in [6, 6.07) is 0. The molecular weight excluding hydrogens is 206 g/mol. The van der Waals surface area contributed by atoms with E-state index in [-0.39, 0.29) is 17.4 Å². The highest BCUT2D eigenvalue weighted by Crippen LogP contribution is 2.33. The van der Waals surface area contributed by atoms with E-state index >= 15 is 0 Å². The molecular formula is C12H21NO3. The number of carbonyl (C=O) groups excluding carboxylic acids is 2. The lowest BCUT2D eigenvalue weighted by Gasteiger charge is -2.51. The van der Waals surface area contributed by atoms with Crippen LogP contribution in [0.15, 0.2) is 0 Å². The Hall–Kier alpha value is -1.06. The number of esters is 1. The molecule has 92 valence electrons. The summed E-state index contributed by atoms with van der Waals surface area (Å²) < 4.78 is 5.22. The van der Waals surface area contributed by atoms with Crippen molar-refractivity contribution in [2.45, 2.75) is 58.6 Å². The molecule has 1 heterocycles. The van der Waals surface area contributed by atoms with Crippen molar-refractivity contribution < 1.29 is 14.3 Å². The molecule has 1 fully saturated rings. The molecule has 0 aromatic carbocycles. The lowest BCUT2D eigenvalue weighted by Crippen LogP contribution is -2.71. The highest BCUT2D eigenvalue weighted by atomic mass is 16.6. The van der Waals surface area contributed by atoms with Gasteiger partial charge >= 0.3 is 5.97 Å². The number of amides is 1. The van der Waals surface area contributed by atoms with Crippen LogP contribution >= 0.6 is 0 Å². The summed E-state index contributed by atoms with van der Waals surface area (Å²) in [5, 5.41) is 0. The van der Waals surface area contributed by atoms with Gasteiger partial charge in [0.1, 0.15) is 0 Å². The van der Waals surface area contributed by atoms with Crippen LogP contribution in [-0.2, 0) is 14.3 Å². The molecule has 0 aliphatic carbocycles. The van der Waals surface area contributed by atoms with Gasteiger partial charge in [0.25, 0.3) is 5.91 Å². The lowest BCUT2D eigenvalue weighted by atomic mass is 9.88. The predicted molar refractivity (Wildman–Crippen MR) is 60.9 cm³/mol. The maximum Gasteiger partial charge on any atom is 0.306 e. The second-order valence-electron chi connectivity index (χ2n) is 5.52. The second-order valence-corrected chi connectivity index (χ2v) is 5.52. The maximum atomic E-state index is 11.9. The van der Waals surface area contributed by atoms with E-state index in [4.69, 9.17) is 4.74 Å². The monoisotopic (exact) mass is 227 g/mol. The molecule has 0 bridgehead atoms. The lowest BCUT2D eigenvalue weighted by molar-refractivity contribution is -0.198. The molecule has 1 saturated heterocycles. The molecule has 1 aliphatic rings. The van der Waals surface area contributed by atoms with E-state index < -0.39 is 5.60 Å². The Morgan fingerprint density at radius 1 is 1.50 bits per heavy atom. The molecule has 0 N–H and O–H groups in total. The van der Waals surface area contributed by atoms with Crippen LogP contribution in [0.2, 0.25) is 0 Å². The van der Waals surface area contributed by atoms with Gasteiger partial charge in [0.2, 0.25) is 5.60 Å². The molecule has 1 rings (SSSR count). The fourth-order valence-corrected chi connectivity index (χ4v) is 1.76. The number of hydrogen-bond donors (Lipinski definition) is 0. The van der Waals surface area contributed by atoms with E-state index in [0.717, 1.165) is 6.42 Å². The summed E-state index contributed by atoms with van der Waals surface area (Å²) in [6.45, 7) is 10.00. The largest absolute Gasteiger partial charge is 0.447 e. The number of carbonyl (C=O) groups is 2. The molecule has 1 atom stereocenters. The van der Waals surface area contributed by atoms with Gasteiger partial charge in [-0.2, -0.15) is 0 Å². The first-order valence-electron chi connectivity index (χ1n) is 5.74. The second kappa shape index (κ2) is 4.07. The number of ether oxygens (including phenoxy) is 1. The van der Waals surface area contributed by atoms with Crippen LogP contribution in [0.5, 0.6) is 0 Å². The van der Waals surface area contributed by atoms with E-state index in [1.165, 1.54) is 0 Å². The molecule has 16 heavy (non-hydrogen) atoms. The Morgan fingerprint density at radius 3 is 2.44 bits per heavy atom. The van der Waals surface area contributed by atoms with E-state index in [1.54, 1.807) is 11.8 Å². The summed E-state index contributed by atoms with van der Waals surface area (Å²) in [5.74, 6) is -0.378. The molecule has 0 aromatic heterocycles. The van der Waals surface area contributed by atoms with Crippen molar-refractivity contribution in [3.05, 3.63) is 0 Å². The Kier molecular flexibility index (Phi) is 3.31. The third kappa shape index (κ3) is 2.36. The van der Waals surface area contributed by atoms with Crippen molar-refractivity contribution in [2.24, 2.45) is 0 Å². The van der Waals surface area contributed by atoms with Gasteiger partial charge in [-0.05, 0) is 34.1 Å². The fourth-order valence-electron chi connectivity index (χ4n) is 1.76. The average Bonchev–Trinajstić information content (AvgIpc) is 2.12. The molecule has 4 heteroatoms. The summed E-state index contributed by atoms with van der Waals surface area (Å²) in [4.78, 5) is 25.0. The van der Waals surface area contributed by atoms with Gasteiger partial charge in [-0.15, -0.1) is 0 Å². The quantitative estimate of drug-likeness (QED) is 0.545. The molecule has 1 aliphatic heterocycles. The van der Waals surface area contributed by atoms with Crippen LogP contribution < -0.4 is 0 Å². The van der Waals surface area contributed by atoms with Gasteiger partial charge in [0.05, 0.1) is 6.54 Å². The van der Waals surface area contributed by atoms with Gasteiger partial charge in [-0.1, -0.05) is 6.92 Å². The summed E-state index contributed by atoms with van der Waals surface area (Å²) in [5.41, 5.74) is -1.13. The van der Waals surface area contributed by atoms with Crippen molar-refractivity contribution >= 4 is 11.9 Å². The topological polar surface area (TPSA) is 46.6 Å². The Labute approximate surface area is 96.9 Å². The van der Waals surface area contributed by atoms with Crippen LogP contribution in [0, 0.1) is 0 Å². The smallest absolute Gasteiger partial charge is 0.306 e. The van der Waals surface area contributed by atoms with Gasteiger partial charge in [-0.3, -0.25) is 9.59 Å². The molecule has 0 aromatic rings. The zero-order valence-electron chi connectivity index (χ0n) is 10.8. The zero-order valence-corrected chi connectivity index (χ0v) is 10.8. The third-order valence-electron chi connectivity index (χ3n) is 2.76. The number of β-lactam (4-membered cyclic amide) rings is 1. The van der Waals surface area contributed by atoms with Crippen LogP contribution in [0.4, 0.5) is 0 Å². The highest BCUT2D eigenvalue weighted by molar-refractivity contribution is 5.93. The maximum absolute atomic E-state index is 11.9. The average molecular weight is 227 g/mol. The summed E-state index contributed by atoms with van der Waals surface area (Å²) in [7, 11) is 0. The van der Waals surface area contributed by atoms with Crippen LogP contribution in [0.3, 0.4) is 0 Å².